The largest absolute Gasteiger partial charge is 0.395 e. The molecule has 6 rings (SSSR count). The fourth-order valence-corrected chi connectivity index (χ4v) is 6.60. The minimum atomic E-state index is 0.0228. The number of benzene rings is 1. The van der Waals surface area contributed by atoms with Crippen molar-refractivity contribution >= 4 is 28.9 Å². The molecular weight excluding hydrogens is 502 g/mol. The molecule has 40 heavy (non-hydrogen) atoms. The number of imidazole rings is 1. The number of ether oxygens (including phenoxy) is 1. The Morgan fingerprint density at radius 2 is 1.85 bits per heavy atom. The summed E-state index contributed by atoms with van der Waals surface area (Å²) in [5.41, 5.74) is 2.93. The first kappa shape index (κ1) is 27.3. The van der Waals surface area contributed by atoms with Crippen molar-refractivity contribution in [3.05, 3.63) is 35.9 Å². The monoisotopic (exact) mass is 547 g/mol. The number of hydrogen-bond acceptors (Lipinski definition) is 8. The van der Waals surface area contributed by atoms with Gasteiger partial charge in [0.15, 0.2) is 11.5 Å². The summed E-state index contributed by atoms with van der Waals surface area (Å²) in [5, 5.41) is 16.4. The van der Waals surface area contributed by atoms with Crippen LogP contribution in [0.2, 0.25) is 0 Å². The highest BCUT2D eigenvalue weighted by atomic mass is 16.5. The third-order valence-electron chi connectivity index (χ3n) is 9.35. The van der Waals surface area contributed by atoms with Gasteiger partial charge in [-0.25, -0.2) is 0 Å². The molecule has 216 valence electrons. The first-order chi connectivity index (χ1) is 19.6. The molecule has 1 aromatic carbocycles. The van der Waals surface area contributed by atoms with Gasteiger partial charge in [-0.05, 0) is 55.9 Å². The first-order valence-electron chi connectivity index (χ1n) is 15.4. The van der Waals surface area contributed by atoms with Crippen LogP contribution in [0.1, 0.15) is 70.4 Å². The van der Waals surface area contributed by atoms with Gasteiger partial charge in [0, 0.05) is 25.7 Å². The maximum Gasteiger partial charge on any atom is 0.226 e. The van der Waals surface area contributed by atoms with Crippen molar-refractivity contribution in [2.75, 3.05) is 48.4 Å². The Kier molecular flexibility index (Phi) is 8.39. The lowest BCUT2D eigenvalue weighted by molar-refractivity contribution is 0.0927. The van der Waals surface area contributed by atoms with Crippen molar-refractivity contribution in [2.45, 2.75) is 77.4 Å². The van der Waals surface area contributed by atoms with E-state index in [-0.39, 0.29) is 12.6 Å². The van der Waals surface area contributed by atoms with E-state index in [1.807, 2.05) is 0 Å². The molecule has 3 N–H and O–H groups in total. The van der Waals surface area contributed by atoms with Crippen molar-refractivity contribution in [1.82, 2.24) is 19.5 Å². The molecule has 2 atom stereocenters. The van der Waals surface area contributed by atoms with Crippen LogP contribution in [0.5, 0.6) is 0 Å². The summed E-state index contributed by atoms with van der Waals surface area (Å²) in [4.78, 5) is 17.5. The Hall–Kier alpha value is -2.91. The summed E-state index contributed by atoms with van der Waals surface area (Å²) < 4.78 is 8.42. The van der Waals surface area contributed by atoms with Gasteiger partial charge in [-0.15, -0.1) is 0 Å². The van der Waals surface area contributed by atoms with E-state index in [9.17, 15) is 5.11 Å². The molecular formula is C31H45N7O2. The Morgan fingerprint density at radius 1 is 1.05 bits per heavy atom. The number of anilines is 3. The van der Waals surface area contributed by atoms with Crippen LogP contribution in [-0.2, 0) is 11.3 Å². The molecule has 3 aliphatic rings. The summed E-state index contributed by atoms with van der Waals surface area (Å²) in [7, 11) is 0. The lowest BCUT2D eigenvalue weighted by atomic mass is 9.80. The molecule has 1 aliphatic heterocycles. The number of morpholine rings is 1. The van der Waals surface area contributed by atoms with Gasteiger partial charge in [0.2, 0.25) is 11.9 Å². The first-order valence-corrected chi connectivity index (χ1v) is 15.4. The molecule has 2 saturated carbocycles. The molecule has 9 heteroatoms. The van der Waals surface area contributed by atoms with E-state index < -0.39 is 0 Å². The molecule has 2 aliphatic carbocycles. The zero-order chi connectivity index (χ0) is 27.5. The highest BCUT2D eigenvalue weighted by molar-refractivity contribution is 5.87. The van der Waals surface area contributed by atoms with Crippen molar-refractivity contribution in [2.24, 2.45) is 17.8 Å². The van der Waals surface area contributed by atoms with Gasteiger partial charge in [-0.2, -0.15) is 15.0 Å². The van der Waals surface area contributed by atoms with Crippen LogP contribution >= 0.6 is 0 Å². The van der Waals surface area contributed by atoms with Gasteiger partial charge in [0.25, 0.3) is 0 Å². The summed E-state index contributed by atoms with van der Waals surface area (Å²) in [6, 6.07) is 11.0. The zero-order valence-corrected chi connectivity index (χ0v) is 24.1. The number of aliphatic hydroxyl groups excluding tert-OH is 1. The maximum atomic E-state index is 9.45. The van der Waals surface area contributed by atoms with Crippen molar-refractivity contribution in [1.29, 1.82) is 0 Å². The van der Waals surface area contributed by atoms with Crippen molar-refractivity contribution < 1.29 is 9.84 Å². The van der Waals surface area contributed by atoms with E-state index in [2.05, 4.69) is 64.3 Å². The highest BCUT2D eigenvalue weighted by Crippen LogP contribution is 2.38. The molecule has 3 aromatic rings. The van der Waals surface area contributed by atoms with Crippen LogP contribution in [0.4, 0.5) is 17.7 Å². The van der Waals surface area contributed by atoms with E-state index in [4.69, 9.17) is 19.7 Å². The molecule has 2 aromatic heterocycles. The molecule has 0 spiro atoms. The van der Waals surface area contributed by atoms with Crippen LogP contribution in [0, 0.1) is 17.8 Å². The zero-order valence-electron chi connectivity index (χ0n) is 24.1. The predicted octanol–water partition coefficient (Wildman–Crippen LogP) is 5.24. The van der Waals surface area contributed by atoms with Crippen molar-refractivity contribution in [3.63, 3.8) is 0 Å². The normalized spacial score (nSPS) is 24.6. The van der Waals surface area contributed by atoms with Gasteiger partial charge < -0.3 is 29.9 Å². The second-order valence-electron chi connectivity index (χ2n) is 12.2. The third-order valence-corrected chi connectivity index (χ3v) is 9.35. The standard InChI is InChI=1S/C31H45N7O2/c1-21-11-13-23(14-12-21)19-38-27-28(33-22(2)24-9-6-10-24)34-30(32-15-17-39)35-29(27)36-31(38)37-16-18-40-20-26(37)25-7-4-3-5-8-25/h3-5,7-8,21-24,26,39H,6,9-20H2,1-2H3,(H2,32,33,34,35)/t21-,22-,23-,26+/m1/s1. The quantitative estimate of drug-likeness (QED) is 0.317. The Bertz CT molecular complexity index is 1250. The number of nitrogens with one attached hydrogen (secondary N) is 2. The summed E-state index contributed by atoms with van der Waals surface area (Å²) in [6.07, 6.45) is 8.87. The number of aromatic nitrogens is 4. The molecule has 0 radical (unpaired) electrons. The van der Waals surface area contributed by atoms with E-state index in [0.29, 0.717) is 49.2 Å². The lowest BCUT2D eigenvalue weighted by Gasteiger charge is -2.37. The molecule has 9 nitrogen and oxygen atoms in total. The van der Waals surface area contributed by atoms with Crippen LogP contribution in [-0.4, -0.2) is 63.6 Å². The minimum Gasteiger partial charge on any atom is -0.395 e. The molecule has 3 fully saturated rings. The molecule has 0 bridgehead atoms. The molecule has 0 amide bonds. The second kappa shape index (κ2) is 12.3. The van der Waals surface area contributed by atoms with Gasteiger partial charge in [0.1, 0.15) is 5.52 Å². The SMILES string of the molecule is C[C@@H](Nc1nc(NCCO)nc2nc(N3CCOC[C@H]3c3ccccc3)n(C[C@H]3CC[C@H](C)CC3)c12)C1CCC1. The topological polar surface area (TPSA) is 100 Å². The maximum absolute atomic E-state index is 9.45. The smallest absolute Gasteiger partial charge is 0.226 e. The lowest BCUT2D eigenvalue weighted by Crippen LogP contribution is -2.41. The summed E-state index contributed by atoms with van der Waals surface area (Å²) >= 11 is 0. The average molecular weight is 548 g/mol. The number of aliphatic hydroxyl groups is 1. The van der Waals surface area contributed by atoms with Crippen LogP contribution in [0.3, 0.4) is 0 Å². The van der Waals surface area contributed by atoms with E-state index in [0.717, 1.165) is 36.3 Å². The number of hydrogen-bond donors (Lipinski definition) is 3. The summed E-state index contributed by atoms with van der Waals surface area (Å²) in [6.45, 7) is 8.07. The third kappa shape index (κ3) is 5.77. The van der Waals surface area contributed by atoms with Crippen LogP contribution in [0.15, 0.2) is 30.3 Å². The highest BCUT2D eigenvalue weighted by Gasteiger charge is 2.33. The van der Waals surface area contributed by atoms with Crippen LogP contribution in [0.25, 0.3) is 11.2 Å². The van der Waals surface area contributed by atoms with E-state index in [1.165, 1.54) is 50.5 Å². The van der Waals surface area contributed by atoms with Gasteiger partial charge >= 0.3 is 0 Å². The van der Waals surface area contributed by atoms with E-state index in [1.54, 1.807) is 0 Å². The fourth-order valence-electron chi connectivity index (χ4n) is 6.60. The second-order valence-corrected chi connectivity index (χ2v) is 12.2. The molecule has 1 saturated heterocycles. The van der Waals surface area contributed by atoms with Gasteiger partial charge in [0.05, 0.1) is 25.9 Å². The predicted molar refractivity (Wildman–Crippen MR) is 160 cm³/mol. The van der Waals surface area contributed by atoms with E-state index >= 15 is 0 Å². The Labute approximate surface area is 237 Å². The summed E-state index contributed by atoms with van der Waals surface area (Å²) in [5.74, 6) is 4.38. The van der Waals surface area contributed by atoms with Gasteiger partial charge in [-0.3, -0.25) is 0 Å². The number of nitrogens with zero attached hydrogens (tertiary/aromatic N) is 5. The average Bonchev–Trinajstić information content (AvgIpc) is 3.30. The Balaban J connectivity index is 1.45. The molecule has 3 heterocycles. The Morgan fingerprint density at radius 3 is 2.58 bits per heavy atom. The molecule has 0 unspecified atom stereocenters. The number of rotatable bonds is 10. The number of fused-ring (bicyclic) bond motifs is 1. The van der Waals surface area contributed by atoms with Gasteiger partial charge in [-0.1, -0.05) is 56.5 Å². The van der Waals surface area contributed by atoms with Crippen LogP contribution < -0.4 is 15.5 Å². The fraction of sp³-hybridized carbons (Fsp3) is 0.645. The minimum absolute atomic E-state index is 0.0228. The van der Waals surface area contributed by atoms with Crippen molar-refractivity contribution in [3.8, 4) is 0 Å².